The second-order valence-corrected chi connectivity index (χ2v) is 7.62. The van der Waals surface area contributed by atoms with Crippen molar-refractivity contribution in [1.82, 2.24) is 9.80 Å². The molecule has 1 saturated heterocycles. The number of piperazine rings is 1. The first-order chi connectivity index (χ1) is 10.2. The Balaban J connectivity index is 2.14. The van der Waals surface area contributed by atoms with Gasteiger partial charge in [-0.3, -0.25) is 9.59 Å². The van der Waals surface area contributed by atoms with Crippen LogP contribution in [0.15, 0.2) is 29.2 Å². The molecular formula is C15H20N2O4S. The van der Waals surface area contributed by atoms with E-state index in [1.54, 1.807) is 9.80 Å². The van der Waals surface area contributed by atoms with Crippen molar-refractivity contribution in [2.75, 3.05) is 25.9 Å². The summed E-state index contributed by atoms with van der Waals surface area (Å²) in [7, 11) is -3.27. The van der Waals surface area contributed by atoms with Gasteiger partial charge >= 0.3 is 0 Å². The van der Waals surface area contributed by atoms with Crippen molar-refractivity contribution in [3.63, 3.8) is 0 Å². The van der Waals surface area contributed by atoms with Crippen molar-refractivity contribution >= 4 is 21.7 Å². The minimum absolute atomic E-state index is 0.0106. The average molecular weight is 324 g/mol. The van der Waals surface area contributed by atoms with Gasteiger partial charge in [0.25, 0.3) is 5.91 Å². The van der Waals surface area contributed by atoms with Crippen LogP contribution in [-0.4, -0.2) is 62.0 Å². The van der Waals surface area contributed by atoms with Crippen LogP contribution in [0, 0.1) is 0 Å². The summed E-state index contributed by atoms with van der Waals surface area (Å²) in [5.74, 6) is -0.132. The molecule has 120 valence electrons. The lowest BCUT2D eigenvalue weighted by atomic mass is 10.1. The zero-order valence-electron chi connectivity index (χ0n) is 12.9. The molecule has 0 bridgehead atoms. The van der Waals surface area contributed by atoms with Gasteiger partial charge in [-0.25, -0.2) is 8.42 Å². The maximum absolute atomic E-state index is 12.5. The van der Waals surface area contributed by atoms with E-state index in [0.29, 0.717) is 25.2 Å². The molecule has 1 aliphatic heterocycles. The molecule has 0 radical (unpaired) electrons. The van der Waals surface area contributed by atoms with E-state index >= 15 is 0 Å². The number of hydrogen-bond acceptors (Lipinski definition) is 4. The monoisotopic (exact) mass is 324 g/mol. The van der Waals surface area contributed by atoms with Gasteiger partial charge in [0, 0.05) is 44.4 Å². The van der Waals surface area contributed by atoms with Crippen LogP contribution in [0.5, 0.6) is 0 Å². The highest BCUT2D eigenvalue weighted by atomic mass is 32.2. The third kappa shape index (κ3) is 3.47. The van der Waals surface area contributed by atoms with Gasteiger partial charge in [0.15, 0.2) is 9.84 Å². The molecule has 22 heavy (non-hydrogen) atoms. The zero-order chi connectivity index (χ0) is 16.5. The summed E-state index contributed by atoms with van der Waals surface area (Å²) in [5.41, 5.74) is 0.454. The number of amides is 2. The number of carbonyl (C=O) groups excluding carboxylic acids is 2. The number of rotatable bonds is 2. The fourth-order valence-corrected chi connectivity index (χ4v) is 3.19. The Bertz CT molecular complexity index is 682. The predicted octanol–water partition coefficient (Wildman–Crippen LogP) is 0.783. The maximum Gasteiger partial charge on any atom is 0.254 e. The Kier molecular flexibility index (Phi) is 4.55. The van der Waals surface area contributed by atoms with E-state index in [1.165, 1.54) is 31.2 Å². The van der Waals surface area contributed by atoms with Crippen LogP contribution in [-0.2, 0) is 14.6 Å². The Morgan fingerprint density at radius 2 is 1.73 bits per heavy atom. The summed E-state index contributed by atoms with van der Waals surface area (Å²) < 4.78 is 22.9. The highest BCUT2D eigenvalue weighted by molar-refractivity contribution is 7.90. The normalized spacial score (nSPS) is 19.1. The molecule has 0 spiro atoms. The SMILES string of the molecule is CC(=O)N1CCN(C(=O)c2ccc(S(C)(=O)=O)cc2)C(C)C1. The van der Waals surface area contributed by atoms with E-state index in [9.17, 15) is 18.0 Å². The largest absolute Gasteiger partial charge is 0.339 e. The summed E-state index contributed by atoms with van der Waals surface area (Å²) in [6.07, 6.45) is 1.13. The summed E-state index contributed by atoms with van der Waals surface area (Å²) in [6.45, 7) is 4.94. The van der Waals surface area contributed by atoms with Gasteiger partial charge in [-0.15, -0.1) is 0 Å². The molecule has 0 saturated carbocycles. The van der Waals surface area contributed by atoms with E-state index in [-0.39, 0.29) is 22.8 Å². The van der Waals surface area contributed by atoms with Crippen molar-refractivity contribution in [2.45, 2.75) is 24.8 Å². The van der Waals surface area contributed by atoms with Crippen molar-refractivity contribution in [3.8, 4) is 0 Å². The van der Waals surface area contributed by atoms with Crippen LogP contribution >= 0.6 is 0 Å². The van der Waals surface area contributed by atoms with Crippen molar-refractivity contribution in [3.05, 3.63) is 29.8 Å². The van der Waals surface area contributed by atoms with Crippen molar-refractivity contribution in [1.29, 1.82) is 0 Å². The van der Waals surface area contributed by atoms with E-state index in [1.807, 2.05) is 6.92 Å². The Morgan fingerprint density at radius 3 is 2.18 bits per heavy atom. The van der Waals surface area contributed by atoms with Gasteiger partial charge in [-0.05, 0) is 31.2 Å². The second-order valence-electron chi connectivity index (χ2n) is 5.61. The van der Waals surface area contributed by atoms with Gasteiger partial charge in [0.1, 0.15) is 0 Å². The average Bonchev–Trinajstić information content (AvgIpc) is 2.45. The zero-order valence-corrected chi connectivity index (χ0v) is 13.8. The molecule has 7 heteroatoms. The Morgan fingerprint density at radius 1 is 1.14 bits per heavy atom. The van der Waals surface area contributed by atoms with Gasteiger partial charge in [-0.2, -0.15) is 0 Å². The molecule has 1 aliphatic rings. The number of hydrogen-bond donors (Lipinski definition) is 0. The first-order valence-corrected chi connectivity index (χ1v) is 8.96. The van der Waals surface area contributed by atoms with Gasteiger partial charge in [-0.1, -0.05) is 0 Å². The van der Waals surface area contributed by atoms with E-state index in [4.69, 9.17) is 0 Å². The molecule has 1 aromatic rings. The standard InChI is InChI=1S/C15H20N2O4S/c1-11-10-16(12(2)18)8-9-17(11)15(19)13-4-6-14(7-5-13)22(3,20)21/h4-7,11H,8-10H2,1-3H3. The summed E-state index contributed by atoms with van der Waals surface area (Å²) in [4.78, 5) is 27.5. The topological polar surface area (TPSA) is 74.8 Å². The first-order valence-electron chi connectivity index (χ1n) is 7.07. The summed E-state index contributed by atoms with van der Waals surface area (Å²) >= 11 is 0. The van der Waals surface area contributed by atoms with Crippen LogP contribution in [0.4, 0.5) is 0 Å². The first kappa shape index (κ1) is 16.5. The molecule has 1 aromatic carbocycles. The second kappa shape index (κ2) is 6.08. The lowest BCUT2D eigenvalue weighted by Gasteiger charge is -2.39. The molecule has 0 N–H and O–H groups in total. The third-order valence-corrected chi connectivity index (χ3v) is 4.99. The van der Waals surface area contributed by atoms with Crippen LogP contribution in [0.25, 0.3) is 0 Å². The molecule has 1 fully saturated rings. The molecule has 1 atom stereocenters. The molecule has 0 aliphatic carbocycles. The van der Waals surface area contributed by atoms with Gasteiger partial charge < -0.3 is 9.80 Å². The number of benzene rings is 1. The quantitative estimate of drug-likeness (QED) is 0.806. The smallest absolute Gasteiger partial charge is 0.254 e. The van der Waals surface area contributed by atoms with Gasteiger partial charge in [0.05, 0.1) is 4.90 Å². The van der Waals surface area contributed by atoms with Crippen LogP contribution in [0.1, 0.15) is 24.2 Å². The van der Waals surface area contributed by atoms with E-state index < -0.39 is 9.84 Å². The molecule has 1 unspecified atom stereocenters. The van der Waals surface area contributed by atoms with Crippen LogP contribution in [0.3, 0.4) is 0 Å². The maximum atomic E-state index is 12.5. The molecule has 1 heterocycles. The number of carbonyl (C=O) groups is 2. The van der Waals surface area contributed by atoms with Crippen LogP contribution < -0.4 is 0 Å². The fraction of sp³-hybridized carbons (Fsp3) is 0.467. The van der Waals surface area contributed by atoms with Crippen molar-refractivity contribution < 1.29 is 18.0 Å². The van der Waals surface area contributed by atoms with Crippen molar-refractivity contribution in [2.24, 2.45) is 0 Å². The molecule has 2 amide bonds. The lowest BCUT2D eigenvalue weighted by molar-refractivity contribution is -0.131. The minimum atomic E-state index is -3.27. The van der Waals surface area contributed by atoms with Gasteiger partial charge in [0.2, 0.25) is 5.91 Å². The highest BCUT2D eigenvalue weighted by Crippen LogP contribution is 2.16. The number of nitrogens with zero attached hydrogens (tertiary/aromatic N) is 2. The number of sulfone groups is 1. The molecule has 2 rings (SSSR count). The summed E-state index contributed by atoms with van der Waals surface area (Å²) in [5, 5.41) is 0. The molecule has 6 nitrogen and oxygen atoms in total. The molecular weight excluding hydrogens is 304 g/mol. The van der Waals surface area contributed by atoms with Crippen LogP contribution in [0.2, 0.25) is 0 Å². The van der Waals surface area contributed by atoms with E-state index in [2.05, 4.69) is 0 Å². The minimum Gasteiger partial charge on any atom is -0.339 e. The Labute approximate surface area is 130 Å². The fourth-order valence-electron chi connectivity index (χ4n) is 2.56. The predicted molar refractivity (Wildman–Crippen MR) is 82.3 cm³/mol. The molecule has 0 aromatic heterocycles. The highest BCUT2D eigenvalue weighted by Gasteiger charge is 2.29. The Hall–Kier alpha value is -1.89. The summed E-state index contributed by atoms with van der Waals surface area (Å²) in [6, 6.07) is 5.88. The van der Waals surface area contributed by atoms with E-state index in [0.717, 1.165) is 6.26 Å². The lowest BCUT2D eigenvalue weighted by Crippen LogP contribution is -2.55. The third-order valence-electron chi connectivity index (χ3n) is 3.86.